The number of aromatic nitrogens is 1. The number of anilines is 1. The number of thioether (sulfide) groups is 1. The van der Waals surface area contributed by atoms with E-state index in [1.807, 2.05) is 23.6 Å². The van der Waals surface area contributed by atoms with Gasteiger partial charge >= 0.3 is 0 Å². The van der Waals surface area contributed by atoms with Gasteiger partial charge in [-0.15, -0.1) is 23.1 Å². The molecule has 0 aliphatic carbocycles. The van der Waals surface area contributed by atoms with Crippen molar-refractivity contribution in [3.8, 4) is 0 Å². The van der Waals surface area contributed by atoms with Gasteiger partial charge in [-0.2, -0.15) is 0 Å². The summed E-state index contributed by atoms with van der Waals surface area (Å²) in [6.07, 6.45) is 0. The number of hydrogen-bond acceptors (Lipinski definition) is 5. The van der Waals surface area contributed by atoms with Gasteiger partial charge in [-0.3, -0.25) is 9.59 Å². The third-order valence-electron chi connectivity index (χ3n) is 3.81. The monoisotopic (exact) mass is 431 g/mol. The third kappa shape index (κ3) is 5.58. The van der Waals surface area contributed by atoms with Crippen molar-refractivity contribution < 1.29 is 9.59 Å². The number of carbonyl (C=O) groups excluding carboxylic acids is 2. The van der Waals surface area contributed by atoms with Gasteiger partial charge < -0.3 is 10.2 Å². The summed E-state index contributed by atoms with van der Waals surface area (Å²) in [6.45, 7) is -0.0591. The molecule has 0 atom stereocenters. The second-order valence-electron chi connectivity index (χ2n) is 5.98. The number of thiazole rings is 1. The van der Waals surface area contributed by atoms with E-state index >= 15 is 0 Å². The number of hydrogen-bond donors (Lipinski definition) is 1. The molecule has 0 fully saturated rings. The van der Waals surface area contributed by atoms with Crippen LogP contribution >= 0.6 is 34.7 Å². The van der Waals surface area contributed by atoms with Gasteiger partial charge in [0.1, 0.15) is 0 Å². The fraction of sp³-hybridized carbons (Fsp3) is 0.150. The van der Waals surface area contributed by atoms with E-state index in [4.69, 9.17) is 11.6 Å². The van der Waals surface area contributed by atoms with Crippen LogP contribution in [0.15, 0.2) is 64.3 Å². The topological polar surface area (TPSA) is 62.3 Å². The third-order valence-corrected chi connectivity index (χ3v) is 5.79. The summed E-state index contributed by atoms with van der Waals surface area (Å²) < 4.78 is 0. The van der Waals surface area contributed by atoms with Crippen LogP contribution in [0.3, 0.4) is 0 Å². The Bertz CT molecular complexity index is 964. The van der Waals surface area contributed by atoms with Crippen molar-refractivity contribution in [1.29, 1.82) is 0 Å². The number of rotatable bonds is 7. The Hall–Kier alpha value is -2.35. The molecule has 1 aromatic heterocycles. The SMILES string of the molecule is CN(CC(=O)Nc1cccc(Cl)c1)C(=O)c1ccccc1SCc1cscn1. The molecule has 144 valence electrons. The van der Waals surface area contributed by atoms with E-state index in [1.165, 1.54) is 4.90 Å². The highest BCUT2D eigenvalue weighted by Crippen LogP contribution is 2.27. The maximum absolute atomic E-state index is 12.9. The lowest BCUT2D eigenvalue weighted by Gasteiger charge is -2.18. The summed E-state index contributed by atoms with van der Waals surface area (Å²) in [5.74, 6) is 0.195. The molecule has 1 N–H and O–H groups in total. The molecule has 1 heterocycles. The number of amides is 2. The zero-order valence-electron chi connectivity index (χ0n) is 15.1. The fourth-order valence-electron chi connectivity index (χ4n) is 2.49. The minimum Gasteiger partial charge on any atom is -0.332 e. The average Bonchev–Trinajstić information content (AvgIpc) is 3.19. The number of benzene rings is 2. The first kappa shape index (κ1) is 20.4. The van der Waals surface area contributed by atoms with Gasteiger partial charge in [0.25, 0.3) is 5.91 Å². The normalized spacial score (nSPS) is 10.5. The van der Waals surface area contributed by atoms with E-state index in [0.717, 1.165) is 10.6 Å². The minimum absolute atomic E-state index is 0.0591. The smallest absolute Gasteiger partial charge is 0.255 e. The number of likely N-dealkylation sites (N-methyl/N-ethyl adjacent to an activating group) is 1. The molecule has 0 aliphatic heterocycles. The Kier molecular flexibility index (Phi) is 7.08. The van der Waals surface area contributed by atoms with Crippen LogP contribution in [-0.4, -0.2) is 35.3 Å². The van der Waals surface area contributed by atoms with Crippen molar-refractivity contribution in [2.75, 3.05) is 18.9 Å². The largest absolute Gasteiger partial charge is 0.332 e. The molecule has 3 rings (SSSR count). The zero-order chi connectivity index (χ0) is 19.9. The van der Waals surface area contributed by atoms with Gasteiger partial charge in [0.15, 0.2) is 0 Å². The van der Waals surface area contributed by atoms with E-state index < -0.39 is 0 Å². The Morgan fingerprint density at radius 1 is 1.21 bits per heavy atom. The van der Waals surface area contributed by atoms with E-state index in [2.05, 4.69) is 10.3 Å². The molecule has 0 saturated carbocycles. The van der Waals surface area contributed by atoms with Crippen LogP contribution in [0.4, 0.5) is 5.69 Å². The summed E-state index contributed by atoms with van der Waals surface area (Å²) in [6, 6.07) is 14.3. The molecule has 28 heavy (non-hydrogen) atoms. The Balaban J connectivity index is 1.63. The highest BCUT2D eigenvalue weighted by Gasteiger charge is 2.18. The predicted molar refractivity (Wildman–Crippen MR) is 115 cm³/mol. The molecule has 3 aromatic rings. The summed E-state index contributed by atoms with van der Waals surface area (Å²) in [5, 5.41) is 5.27. The van der Waals surface area contributed by atoms with Gasteiger partial charge in [-0.25, -0.2) is 4.98 Å². The van der Waals surface area contributed by atoms with E-state index in [-0.39, 0.29) is 18.4 Å². The predicted octanol–water partition coefficient (Wildman–Crippen LogP) is 4.80. The molecule has 5 nitrogen and oxygen atoms in total. The van der Waals surface area contributed by atoms with Gasteiger partial charge in [-0.1, -0.05) is 29.8 Å². The molecular formula is C20H18ClN3O2S2. The average molecular weight is 432 g/mol. The maximum atomic E-state index is 12.9. The molecule has 2 amide bonds. The van der Waals surface area contributed by atoms with Gasteiger partial charge in [0.05, 0.1) is 23.3 Å². The summed E-state index contributed by atoms with van der Waals surface area (Å²) in [7, 11) is 1.61. The maximum Gasteiger partial charge on any atom is 0.255 e. The lowest BCUT2D eigenvalue weighted by molar-refractivity contribution is -0.116. The molecule has 0 aliphatic rings. The summed E-state index contributed by atoms with van der Waals surface area (Å²) >= 11 is 9.03. The van der Waals surface area contributed by atoms with Gasteiger partial charge in [-0.05, 0) is 30.3 Å². The first-order valence-corrected chi connectivity index (χ1v) is 10.7. The van der Waals surface area contributed by atoms with Crippen LogP contribution in [0.25, 0.3) is 0 Å². The van der Waals surface area contributed by atoms with Crippen molar-refractivity contribution in [3.63, 3.8) is 0 Å². The summed E-state index contributed by atoms with van der Waals surface area (Å²) in [5.41, 5.74) is 3.93. The number of nitrogens with one attached hydrogen (secondary N) is 1. The minimum atomic E-state index is -0.286. The van der Waals surface area contributed by atoms with Crippen molar-refractivity contribution >= 4 is 52.2 Å². The second-order valence-corrected chi connectivity index (χ2v) is 8.16. The lowest BCUT2D eigenvalue weighted by atomic mass is 10.2. The standard InChI is InChI=1S/C20H18ClN3O2S2/c1-24(10-19(25)23-15-6-4-5-14(21)9-15)20(26)17-7-2-3-8-18(17)28-12-16-11-27-13-22-16/h2-9,11,13H,10,12H2,1H3,(H,23,25). The van der Waals surface area contributed by atoms with Gasteiger partial charge in [0, 0.05) is 33.8 Å². The van der Waals surface area contributed by atoms with Crippen molar-refractivity contribution in [3.05, 3.63) is 75.7 Å². The number of halogens is 1. The molecule has 0 unspecified atom stereocenters. The van der Waals surface area contributed by atoms with E-state index in [0.29, 0.717) is 22.0 Å². The summed E-state index contributed by atoms with van der Waals surface area (Å²) in [4.78, 5) is 31.7. The molecule has 2 aromatic carbocycles. The molecule has 0 saturated heterocycles. The van der Waals surface area contributed by atoms with Crippen LogP contribution in [0, 0.1) is 0 Å². The quantitative estimate of drug-likeness (QED) is 0.546. The first-order chi connectivity index (χ1) is 13.5. The first-order valence-electron chi connectivity index (χ1n) is 8.42. The highest BCUT2D eigenvalue weighted by atomic mass is 35.5. The lowest BCUT2D eigenvalue weighted by Crippen LogP contribution is -2.35. The van der Waals surface area contributed by atoms with Gasteiger partial charge in [0.2, 0.25) is 5.91 Å². The molecule has 0 bridgehead atoms. The number of nitrogens with zero attached hydrogens (tertiary/aromatic N) is 2. The number of carbonyl (C=O) groups is 2. The Morgan fingerprint density at radius 2 is 2.04 bits per heavy atom. The fourth-order valence-corrected chi connectivity index (χ4v) is 4.29. The van der Waals surface area contributed by atoms with E-state index in [9.17, 15) is 9.59 Å². The molecule has 8 heteroatoms. The van der Waals surface area contributed by atoms with Crippen LogP contribution < -0.4 is 5.32 Å². The Labute approximate surface area is 176 Å². The van der Waals surface area contributed by atoms with Crippen LogP contribution in [-0.2, 0) is 10.5 Å². The van der Waals surface area contributed by atoms with Crippen LogP contribution in [0.5, 0.6) is 0 Å². The Morgan fingerprint density at radius 3 is 2.79 bits per heavy atom. The van der Waals surface area contributed by atoms with Crippen LogP contribution in [0.1, 0.15) is 16.1 Å². The zero-order valence-corrected chi connectivity index (χ0v) is 17.5. The van der Waals surface area contributed by atoms with E-state index in [1.54, 1.807) is 66.0 Å². The molecule has 0 spiro atoms. The second kappa shape index (κ2) is 9.73. The van der Waals surface area contributed by atoms with Crippen molar-refractivity contribution in [2.45, 2.75) is 10.6 Å². The van der Waals surface area contributed by atoms with Crippen LogP contribution in [0.2, 0.25) is 5.02 Å². The van der Waals surface area contributed by atoms with Crippen molar-refractivity contribution in [1.82, 2.24) is 9.88 Å². The van der Waals surface area contributed by atoms with Crippen molar-refractivity contribution in [2.24, 2.45) is 0 Å². The highest BCUT2D eigenvalue weighted by molar-refractivity contribution is 7.98. The molecule has 0 radical (unpaired) electrons. The molecular weight excluding hydrogens is 414 g/mol.